The average molecular weight is 317 g/mol. The number of carbonyl (C=O) groups is 1. The summed E-state index contributed by atoms with van der Waals surface area (Å²) >= 11 is 3.12. The van der Waals surface area contributed by atoms with Gasteiger partial charge in [-0.2, -0.15) is 5.10 Å². The van der Waals surface area contributed by atoms with Crippen LogP contribution >= 0.6 is 15.9 Å². The molecule has 0 atom stereocenters. The molecule has 8 heteroatoms. The highest BCUT2D eigenvalue weighted by Gasteiger charge is 2.22. The van der Waals surface area contributed by atoms with E-state index in [1.807, 2.05) is 0 Å². The van der Waals surface area contributed by atoms with Gasteiger partial charge in [-0.1, -0.05) is 22.5 Å². The Kier molecular flexibility index (Phi) is 4.60. The van der Waals surface area contributed by atoms with Crippen molar-refractivity contribution in [3.8, 4) is 0 Å². The summed E-state index contributed by atoms with van der Waals surface area (Å²) in [5, 5.41) is 17.4. The lowest BCUT2D eigenvalue weighted by molar-refractivity contribution is -0.386. The van der Waals surface area contributed by atoms with E-state index in [0.29, 0.717) is 22.4 Å². The standard InChI is InChI=1S/C10H13BrN4O3/c1-6(11)4-12-9(16)5-14-8(3)10(15(17)18)7(2)13-14/h1,4-5H2,2-3H3,(H,12,16). The smallest absolute Gasteiger partial charge is 0.312 e. The van der Waals surface area contributed by atoms with E-state index >= 15 is 0 Å². The number of hydrogen-bond acceptors (Lipinski definition) is 4. The van der Waals surface area contributed by atoms with Crippen LogP contribution in [0.25, 0.3) is 0 Å². The normalized spacial score (nSPS) is 10.2. The van der Waals surface area contributed by atoms with Gasteiger partial charge >= 0.3 is 5.69 Å². The molecule has 1 heterocycles. The van der Waals surface area contributed by atoms with Crippen molar-refractivity contribution in [2.75, 3.05) is 6.54 Å². The highest BCUT2D eigenvalue weighted by molar-refractivity contribution is 9.11. The molecule has 0 bridgehead atoms. The Balaban J connectivity index is 2.80. The van der Waals surface area contributed by atoms with Crippen LogP contribution in [0.5, 0.6) is 0 Å². The zero-order valence-corrected chi connectivity index (χ0v) is 11.7. The van der Waals surface area contributed by atoms with E-state index in [1.165, 1.54) is 4.68 Å². The van der Waals surface area contributed by atoms with Gasteiger partial charge in [-0.3, -0.25) is 19.6 Å². The van der Waals surface area contributed by atoms with Crippen LogP contribution in [0.3, 0.4) is 0 Å². The number of aryl methyl sites for hydroxylation is 1. The molecular weight excluding hydrogens is 304 g/mol. The fourth-order valence-corrected chi connectivity index (χ4v) is 1.63. The summed E-state index contributed by atoms with van der Waals surface area (Å²) in [6.07, 6.45) is 0. The number of nitrogens with one attached hydrogen (secondary N) is 1. The average Bonchev–Trinajstić information content (AvgIpc) is 2.51. The number of amides is 1. The highest BCUT2D eigenvalue weighted by atomic mass is 79.9. The molecule has 0 aliphatic rings. The topological polar surface area (TPSA) is 90.1 Å². The van der Waals surface area contributed by atoms with Crippen molar-refractivity contribution >= 4 is 27.5 Å². The first kappa shape index (κ1) is 14.4. The predicted molar refractivity (Wildman–Crippen MR) is 69.4 cm³/mol. The van der Waals surface area contributed by atoms with Crippen LogP contribution in [-0.2, 0) is 11.3 Å². The van der Waals surface area contributed by atoms with Crippen LogP contribution in [0.4, 0.5) is 5.69 Å². The molecule has 1 aromatic heterocycles. The first-order valence-corrected chi connectivity index (χ1v) is 5.90. The number of rotatable bonds is 5. The second-order valence-electron chi connectivity index (χ2n) is 3.73. The maximum atomic E-state index is 11.6. The molecular formula is C10H13BrN4O3. The van der Waals surface area contributed by atoms with Gasteiger partial charge in [0, 0.05) is 11.0 Å². The minimum Gasteiger partial charge on any atom is -0.350 e. The number of carbonyl (C=O) groups excluding carboxylic acids is 1. The molecule has 0 aliphatic heterocycles. The van der Waals surface area contributed by atoms with E-state index in [4.69, 9.17) is 0 Å². The van der Waals surface area contributed by atoms with Crippen molar-refractivity contribution in [2.24, 2.45) is 0 Å². The second kappa shape index (κ2) is 5.76. The SMILES string of the molecule is C=C(Br)CNC(=O)Cn1nc(C)c([N+](=O)[O-])c1C. The minimum absolute atomic E-state index is 0.0484. The zero-order valence-electron chi connectivity index (χ0n) is 10.1. The Bertz CT molecular complexity index is 509. The van der Waals surface area contributed by atoms with Gasteiger partial charge in [0.15, 0.2) is 0 Å². The number of halogens is 1. The highest BCUT2D eigenvalue weighted by Crippen LogP contribution is 2.21. The summed E-state index contributed by atoms with van der Waals surface area (Å²) in [5.74, 6) is -0.281. The third kappa shape index (κ3) is 3.39. The maximum absolute atomic E-state index is 11.6. The molecule has 0 saturated carbocycles. The summed E-state index contributed by atoms with van der Waals surface area (Å²) in [5.41, 5.74) is 0.619. The summed E-state index contributed by atoms with van der Waals surface area (Å²) in [6.45, 7) is 6.94. The zero-order chi connectivity index (χ0) is 13.9. The molecule has 0 radical (unpaired) electrons. The Morgan fingerprint density at radius 2 is 2.22 bits per heavy atom. The number of hydrogen-bond donors (Lipinski definition) is 1. The number of nitrogens with zero attached hydrogens (tertiary/aromatic N) is 3. The molecule has 0 unspecified atom stereocenters. The lowest BCUT2D eigenvalue weighted by atomic mass is 10.3. The third-order valence-electron chi connectivity index (χ3n) is 2.30. The first-order chi connectivity index (χ1) is 8.32. The van der Waals surface area contributed by atoms with E-state index < -0.39 is 4.92 Å². The molecule has 0 aliphatic carbocycles. The van der Waals surface area contributed by atoms with E-state index in [0.717, 1.165) is 0 Å². The van der Waals surface area contributed by atoms with E-state index in [-0.39, 0.29) is 18.1 Å². The van der Waals surface area contributed by atoms with Crippen molar-refractivity contribution < 1.29 is 9.72 Å². The monoisotopic (exact) mass is 316 g/mol. The van der Waals surface area contributed by atoms with Crippen molar-refractivity contribution in [3.63, 3.8) is 0 Å². The fraction of sp³-hybridized carbons (Fsp3) is 0.400. The minimum atomic E-state index is -0.494. The quantitative estimate of drug-likeness (QED) is 0.657. The maximum Gasteiger partial charge on any atom is 0.312 e. The van der Waals surface area contributed by atoms with Crippen LogP contribution in [0.1, 0.15) is 11.4 Å². The van der Waals surface area contributed by atoms with Crippen molar-refractivity contribution in [2.45, 2.75) is 20.4 Å². The van der Waals surface area contributed by atoms with E-state index in [9.17, 15) is 14.9 Å². The first-order valence-electron chi connectivity index (χ1n) is 5.11. The Labute approximate surface area is 112 Å². The Hall–Kier alpha value is -1.70. The lowest BCUT2D eigenvalue weighted by Gasteiger charge is -2.05. The molecule has 0 fully saturated rings. The third-order valence-corrected chi connectivity index (χ3v) is 2.58. The molecule has 1 amide bonds. The number of nitro groups is 1. The predicted octanol–water partition coefficient (Wildman–Crippen LogP) is 1.43. The molecule has 18 heavy (non-hydrogen) atoms. The van der Waals surface area contributed by atoms with Crippen molar-refractivity contribution in [1.82, 2.24) is 15.1 Å². The largest absolute Gasteiger partial charge is 0.350 e. The van der Waals surface area contributed by atoms with Gasteiger partial charge in [-0.05, 0) is 13.8 Å². The Morgan fingerprint density at radius 1 is 1.61 bits per heavy atom. The van der Waals surface area contributed by atoms with Gasteiger partial charge in [-0.25, -0.2) is 0 Å². The van der Waals surface area contributed by atoms with Gasteiger partial charge in [-0.15, -0.1) is 0 Å². The van der Waals surface area contributed by atoms with E-state index in [2.05, 4.69) is 32.9 Å². The molecule has 0 aromatic carbocycles. The molecule has 1 N–H and O–H groups in total. The van der Waals surface area contributed by atoms with E-state index in [1.54, 1.807) is 13.8 Å². The van der Waals surface area contributed by atoms with Crippen LogP contribution in [0.2, 0.25) is 0 Å². The summed E-state index contributed by atoms with van der Waals surface area (Å²) in [4.78, 5) is 21.9. The number of aromatic nitrogens is 2. The van der Waals surface area contributed by atoms with Crippen molar-refractivity contribution in [1.29, 1.82) is 0 Å². The van der Waals surface area contributed by atoms with Gasteiger partial charge in [0.1, 0.15) is 17.9 Å². The van der Waals surface area contributed by atoms with Crippen LogP contribution in [-0.4, -0.2) is 27.2 Å². The van der Waals surface area contributed by atoms with Crippen LogP contribution < -0.4 is 5.32 Å². The molecule has 98 valence electrons. The molecule has 1 aromatic rings. The summed E-state index contributed by atoms with van der Waals surface area (Å²) in [6, 6.07) is 0. The van der Waals surface area contributed by atoms with Crippen molar-refractivity contribution in [3.05, 3.63) is 32.6 Å². The van der Waals surface area contributed by atoms with Gasteiger partial charge in [0.05, 0.1) is 4.92 Å². The van der Waals surface area contributed by atoms with Crippen LogP contribution in [0.15, 0.2) is 11.1 Å². The second-order valence-corrected chi connectivity index (χ2v) is 4.85. The van der Waals surface area contributed by atoms with Gasteiger partial charge in [0.2, 0.25) is 5.91 Å². The molecule has 1 rings (SSSR count). The lowest BCUT2D eigenvalue weighted by Crippen LogP contribution is -2.29. The Morgan fingerprint density at radius 3 is 2.67 bits per heavy atom. The molecule has 7 nitrogen and oxygen atoms in total. The van der Waals surface area contributed by atoms with Crippen LogP contribution in [0, 0.1) is 24.0 Å². The summed E-state index contributed by atoms with van der Waals surface area (Å²) < 4.78 is 1.97. The summed E-state index contributed by atoms with van der Waals surface area (Å²) in [7, 11) is 0. The molecule has 0 saturated heterocycles. The molecule has 0 spiro atoms. The van der Waals surface area contributed by atoms with Gasteiger partial charge < -0.3 is 5.32 Å². The fourth-order valence-electron chi connectivity index (χ4n) is 1.49. The van der Waals surface area contributed by atoms with Gasteiger partial charge in [0.25, 0.3) is 0 Å².